The molecule has 0 aromatic heterocycles. The molecule has 1 unspecified atom stereocenters. The van der Waals surface area contributed by atoms with Crippen LogP contribution in [0.1, 0.15) is 28.3 Å². The van der Waals surface area contributed by atoms with Gasteiger partial charge in [0.25, 0.3) is 11.7 Å². The smallest absolute Gasteiger partial charge is 0.507 e. The summed E-state index contributed by atoms with van der Waals surface area (Å²) >= 11 is 0. The Hall–Kier alpha value is -4.27. The summed E-state index contributed by atoms with van der Waals surface area (Å²) in [6.07, 6.45) is -4.88. The average Bonchev–Trinajstić information content (AvgIpc) is 3.10. The van der Waals surface area contributed by atoms with Crippen molar-refractivity contribution in [2.75, 3.05) is 12.0 Å². The second-order valence-corrected chi connectivity index (χ2v) is 8.31. The fourth-order valence-electron chi connectivity index (χ4n) is 4.17. The second kappa shape index (κ2) is 9.41. The highest BCUT2D eigenvalue weighted by Gasteiger charge is 2.47. The molecule has 0 bridgehead atoms. The van der Waals surface area contributed by atoms with Crippen LogP contribution in [-0.4, -0.2) is 30.3 Å². The van der Waals surface area contributed by atoms with Gasteiger partial charge in [-0.1, -0.05) is 29.8 Å². The summed E-state index contributed by atoms with van der Waals surface area (Å²) in [7, 11) is 1.46. The van der Waals surface area contributed by atoms with E-state index < -0.39 is 29.8 Å². The highest BCUT2D eigenvalue weighted by molar-refractivity contribution is 6.51. The number of nitrogens with zero attached hydrogens (tertiary/aromatic N) is 1. The first-order chi connectivity index (χ1) is 17.0. The van der Waals surface area contributed by atoms with E-state index in [2.05, 4.69) is 4.74 Å². The molecule has 1 aliphatic rings. The van der Waals surface area contributed by atoms with Gasteiger partial charge in [0, 0.05) is 11.3 Å². The van der Waals surface area contributed by atoms with Crippen LogP contribution in [0, 0.1) is 13.8 Å². The van der Waals surface area contributed by atoms with Crippen LogP contribution in [0.4, 0.5) is 18.9 Å². The van der Waals surface area contributed by atoms with Gasteiger partial charge in [-0.25, -0.2) is 0 Å². The van der Waals surface area contributed by atoms with Crippen molar-refractivity contribution in [3.8, 4) is 11.5 Å². The Morgan fingerprint density at radius 1 is 0.944 bits per heavy atom. The molecule has 6 nitrogen and oxygen atoms in total. The number of methoxy groups -OCH3 is 1. The number of aliphatic hydroxyl groups is 1. The van der Waals surface area contributed by atoms with Crippen molar-refractivity contribution in [1.29, 1.82) is 0 Å². The van der Waals surface area contributed by atoms with Gasteiger partial charge >= 0.3 is 6.36 Å². The summed E-state index contributed by atoms with van der Waals surface area (Å²) in [6, 6.07) is 15.5. The van der Waals surface area contributed by atoms with E-state index in [1.54, 1.807) is 43.3 Å². The van der Waals surface area contributed by atoms with Crippen LogP contribution >= 0.6 is 0 Å². The lowest BCUT2D eigenvalue weighted by atomic mass is 9.93. The van der Waals surface area contributed by atoms with Crippen molar-refractivity contribution < 1.29 is 37.3 Å². The number of hydrogen-bond acceptors (Lipinski definition) is 5. The molecule has 0 spiro atoms. The van der Waals surface area contributed by atoms with E-state index in [-0.39, 0.29) is 17.0 Å². The minimum Gasteiger partial charge on any atom is -0.507 e. The van der Waals surface area contributed by atoms with E-state index in [9.17, 15) is 27.9 Å². The molecule has 1 fully saturated rings. The number of alkyl halides is 3. The van der Waals surface area contributed by atoms with Crippen molar-refractivity contribution in [2.24, 2.45) is 0 Å². The van der Waals surface area contributed by atoms with Crippen molar-refractivity contribution in [3.05, 3.63) is 94.6 Å². The van der Waals surface area contributed by atoms with Gasteiger partial charge in [-0.05, 0) is 67.4 Å². The number of aryl methyl sites for hydroxylation is 2. The standard InChI is InChI=1S/C27H22F3NO5/c1-15-7-8-16(2)21(13-15)24(32)22-23(17-5-4-6-20(14-17)35-3)31(26(34)25(22)33)18-9-11-19(12-10-18)36-27(28,29)30/h4-14,23,32H,1-3H3/b24-22+. The molecular weight excluding hydrogens is 475 g/mol. The minimum atomic E-state index is -4.88. The summed E-state index contributed by atoms with van der Waals surface area (Å²) in [5, 5.41) is 11.3. The predicted octanol–water partition coefficient (Wildman–Crippen LogP) is 5.84. The number of halogens is 3. The third-order valence-electron chi connectivity index (χ3n) is 5.85. The number of ketones is 1. The normalized spacial score (nSPS) is 17.4. The Kier molecular flexibility index (Phi) is 6.49. The summed E-state index contributed by atoms with van der Waals surface area (Å²) < 4.78 is 47.0. The van der Waals surface area contributed by atoms with Gasteiger partial charge in [0.15, 0.2) is 0 Å². The van der Waals surface area contributed by atoms with Crippen molar-refractivity contribution in [2.45, 2.75) is 26.3 Å². The highest BCUT2D eigenvalue weighted by atomic mass is 19.4. The molecule has 3 aromatic rings. The average molecular weight is 497 g/mol. The minimum absolute atomic E-state index is 0.141. The molecule has 1 aliphatic heterocycles. The monoisotopic (exact) mass is 497 g/mol. The van der Waals surface area contributed by atoms with Gasteiger partial charge in [0.2, 0.25) is 0 Å². The van der Waals surface area contributed by atoms with Crippen LogP contribution in [0.5, 0.6) is 11.5 Å². The molecule has 1 saturated heterocycles. The van der Waals surface area contributed by atoms with Crippen LogP contribution in [0.15, 0.2) is 72.3 Å². The molecule has 1 heterocycles. The molecule has 4 rings (SSSR count). The molecule has 1 amide bonds. The SMILES string of the molecule is COc1cccc(C2/C(=C(\O)c3cc(C)ccc3C)C(=O)C(=O)N2c2ccc(OC(F)(F)F)cc2)c1. The molecular formula is C27H22F3NO5. The van der Waals surface area contributed by atoms with Gasteiger partial charge < -0.3 is 14.6 Å². The fraction of sp³-hybridized carbons (Fsp3) is 0.185. The number of rotatable bonds is 5. The van der Waals surface area contributed by atoms with E-state index in [1.807, 2.05) is 13.0 Å². The van der Waals surface area contributed by atoms with Gasteiger partial charge in [0.05, 0.1) is 18.7 Å². The molecule has 3 aromatic carbocycles. The number of anilines is 1. The predicted molar refractivity (Wildman–Crippen MR) is 127 cm³/mol. The number of hydrogen-bond donors (Lipinski definition) is 1. The first kappa shape index (κ1) is 24.8. The molecule has 1 N–H and O–H groups in total. The van der Waals surface area contributed by atoms with Gasteiger partial charge in [-0.3, -0.25) is 14.5 Å². The Labute approximate surface area is 205 Å². The van der Waals surface area contributed by atoms with E-state index in [4.69, 9.17) is 4.74 Å². The van der Waals surface area contributed by atoms with E-state index in [0.29, 0.717) is 22.4 Å². The lowest BCUT2D eigenvalue weighted by Gasteiger charge is -2.26. The Morgan fingerprint density at radius 3 is 2.28 bits per heavy atom. The number of benzene rings is 3. The van der Waals surface area contributed by atoms with Crippen LogP contribution in [0.2, 0.25) is 0 Å². The van der Waals surface area contributed by atoms with Crippen molar-refractivity contribution in [1.82, 2.24) is 0 Å². The number of carbonyl (C=O) groups excluding carboxylic acids is 2. The summed E-state index contributed by atoms with van der Waals surface area (Å²) in [6.45, 7) is 3.60. The number of Topliss-reactive ketones (excluding diaryl/α,β-unsaturated/α-hetero) is 1. The Balaban J connectivity index is 1.90. The maximum absolute atomic E-state index is 13.3. The number of ether oxygens (including phenoxy) is 2. The van der Waals surface area contributed by atoms with Crippen LogP contribution < -0.4 is 14.4 Å². The largest absolute Gasteiger partial charge is 0.573 e. The molecule has 9 heteroatoms. The quantitative estimate of drug-likeness (QED) is 0.272. The summed E-state index contributed by atoms with van der Waals surface area (Å²) in [5.41, 5.74) is 2.42. The van der Waals surface area contributed by atoms with Crippen LogP contribution in [0.25, 0.3) is 5.76 Å². The van der Waals surface area contributed by atoms with Crippen molar-refractivity contribution >= 4 is 23.1 Å². The summed E-state index contributed by atoms with van der Waals surface area (Å²) in [4.78, 5) is 27.7. The first-order valence-corrected chi connectivity index (χ1v) is 10.9. The van der Waals surface area contributed by atoms with Gasteiger partial charge in [-0.2, -0.15) is 0 Å². The van der Waals surface area contributed by atoms with Gasteiger partial charge in [-0.15, -0.1) is 13.2 Å². The van der Waals surface area contributed by atoms with Crippen LogP contribution in [0.3, 0.4) is 0 Å². The molecule has 0 saturated carbocycles. The van der Waals surface area contributed by atoms with Crippen LogP contribution in [-0.2, 0) is 9.59 Å². The Morgan fingerprint density at radius 2 is 1.64 bits per heavy atom. The van der Waals surface area contributed by atoms with E-state index >= 15 is 0 Å². The lowest BCUT2D eigenvalue weighted by molar-refractivity contribution is -0.274. The number of carbonyl (C=O) groups is 2. The number of aliphatic hydroxyl groups excluding tert-OH is 1. The molecule has 1 atom stereocenters. The second-order valence-electron chi connectivity index (χ2n) is 8.31. The number of amides is 1. The molecule has 0 radical (unpaired) electrons. The molecule has 0 aliphatic carbocycles. The van der Waals surface area contributed by atoms with Crippen molar-refractivity contribution in [3.63, 3.8) is 0 Å². The zero-order valence-electron chi connectivity index (χ0n) is 19.6. The third kappa shape index (κ3) is 4.77. The Bertz CT molecular complexity index is 1360. The third-order valence-corrected chi connectivity index (χ3v) is 5.85. The molecule has 36 heavy (non-hydrogen) atoms. The molecule has 186 valence electrons. The first-order valence-electron chi connectivity index (χ1n) is 10.9. The maximum atomic E-state index is 13.3. The highest BCUT2D eigenvalue weighted by Crippen LogP contribution is 2.43. The fourth-order valence-corrected chi connectivity index (χ4v) is 4.17. The van der Waals surface area contributed by atoms with Gasteiger partial charge in [0.1, 0.15) is 17.3 Å². The lowest BCUT2D eigenvalue weighted by Crippen LogP contribution is -2.29. The topological polar surface area (TPSA) is 76.1 Å². The summed E-state index contributed by atoms with van der Waals surface area (Å²) in [5.74, 6) is -2.21. The van der Waals surface area contributed by atoms with E-state index in [0.717, 1.165) is 22.6 Å². The maximum Gasteiger partial charge on any atom is 0.573 e. The zero-order valence-corrected chi connectivity index (χ0v) is 19.6. The van der Waals surface area contributed by atoms with E-state index in [1.165, 1.54) is 19.2 Å². The zero-order chi connectivity index (χ0) is 26.2.